The Morgan fingerprint density at radius 1 is 1.39 bits per heavy atom. The largest absolute Gasteiger partial charge is 0.382 e. The second-order valence-electron chi connectivity index (χ2n) is 5.68. The molecule has 0 aliphatic carbocycles. The van der Waals surface area contributed by atoms with Crippen molar-refractivity contribution in [1.29, 1.82) is 0 Å². The van der Waals surface area contributed by atoms with Crippen LogP contribution in [-0.4, -0.2) is 55.5 Å². The predicted molar refractivity (Wildman–Crippen MR) is 81.3 cm³/mol. The Morgan fingerprint density at radius 3 is 2.91 bits per heavy atom. The zero-order valence-corrected chi connectivity index (χ0v) is 13.3. The Hall–Kier alpha value is -2.35. The van der Waals surface area contributed by atoms with E-state index in [9.17, 15) is 4.79 Å². The lowest BCUT2D eigenvalue weighted by atomic mass is 10.1. The molecule has 8 heteroatoms. The molecule has 0 aromatic carbocycles. The number of nitrogens with zero attached hydrogens (tertiary/aromatic N) is 6. The van der Waals surface area contributed by atoms with Gasteiger partial charge in [0.25, 0.3) is 0 Å². The molecule has 0 N–H and O–H groups in total. The van der Waals surface area contributed by atoms with Crippen molar-refractivity contribution in [3.8, 4) is 0 Å². The summed E-state index contributed by atoms with van der Waals surface area (Å²) < 4.78 is 7.14. The highest BCUT2D eigenvalue weighted by Crippen LogP contribution is 2.20. The molecule has 0 radical (unpaired) electrons. The molecule has 1 aliphatic rings. The molecule has 2 aromatic rings. The molecule has 23 heavy (non-hydrogen) atoms. The van der Waals surface area contributed by atoms with Gasteiger partial charge in [0.05, 0.1) is 37.1 Å². The molecular formula is C15H20N6O2. The van der Waals surface area contributed by atoms with Gasteiger partial charge in [-0.15, -0.1) is 5.10 Å². The molecule has 0 fully saturated rings. The van der Waals surface area contributed by atoms with E-state index in [1.807, 2.05) is 16.5 Å². The van der Waals surface area contributed by atoms with Crippen molar-refractivity contribution in [3.05, 3.63) is 35.7 Å². The van der Waals surface area contributed by atoms with Crippen LogP contribution in [0.25, 0.3) is 0 Å². The number of hydrogen-bond acceptors (Lipinski definition) is 6. The predicted octanol–water partition coefficient (Wildman–Crippen LogP) is 0.367. The minimum Gasteiger partial charge on any atom is -0.382 e. The summed E-state index contributed by atoms with van der Waals surface area (Å²) in [4.78, 5) is 22.5. The molecule has 1 atom stereocenters. The number of carbonyl (C=O) groups is 1. The lowest BCUT2D eigenvalue weighted by Gasteiger charge is -2.35. The van der Waals surface area contributed by atoms with Gasteiger partial charge < -0.3 is 9.64 Å². The molecule has 2 aromatic heterocycles. The van der Waals surface area contributed by atoms with Crippen molar-refractivity contribution in [3.63, 3.8) is 0 Å². The fraction of sp³-hybridized carbons (Fsp3) is 0.533. The summed E-state index contributed by atoms with van der Waals surface area (Å²) >= 11 is 0. The van der Waals surface area contributed by atoms with Crippen LogP contribution in [0.1, 0.15) is 23.4 Å². The number of fused-ring (bicyclic) bond motifs is 1. The van der Waals surface area contributed by atoms with Crippen LogP contribution >= 0.6 is 0 Å². The normalized spacial score (nSPS) is 17.1. The highest BCUT2D eigenvalue weighted by atomic mass is 16.5. The van der Waals surface area contributed by atoms with E-state index in [2.05, 4.69) is 20.3 Å². The maximum absolute atomic E-state index is 12.7. The summed E-state index contributed by atoms with van der Waals surface area (Å²) in [6.07, 6.45) is 6.03. The van der Waals surface area contributed by atoms with E-state index in [0.29, 0.717) is 32.5 Å². The van der Waals surface area contributed by atoms with Crippen LogP contribution in [0.2, 0.25) is 0 Å². The minimum absolute atomic E-state index is 0.0203. The van der Waals surface area contributed by atoms with E-state index < -0.39 is 0 Å². The standard InChI is InChI=1S/C15H20N6O2/c1-11-14-8-20(13(9-23-2)7-21(14)19-18-11)15(22)4-3-12-5-16-10-17-6-12/h5-6,10,13H,3-4,7-9H2,1-2H3. The summed E-state index contributed by atoms with van der Waals surface area (Å²) in [6, 6.07) is -0.0203. The topological polar surface area (TPSA) is 86.0 Å². The summed E-state index contributed by atoms with van der Waals surface area (Å²) in [5, 5.41) is 8.23. The number of rotatable bonds is 5. The smallest absolute Gasteiger partial charge is 0.223 e. The van der Waals surface area contributed by atoms with Gasteiger partial charge in [0.15, 0.2) is 0 Å². The van der Waals surface area contributed by atoms with Crippen molar-refractivity contribution >= 4 is 5.91 Å². The number of ether oxygens (including phenoxy) is 1. The third-order valence-corrected chi connectivity index (χ3v) is 4.10. The van der Waals surface area contributed by atoms with E-state index >= 15 is 0 Å². The van der Waals surface area contributed by atoms with E-state index in [1.165, 1.54) is 6.33 Å². The van der Waals surface area contributed by atoms with E-state index in [-0.39, 0.29) is 11.9 Å². The van der Waals surface area contributed by atoms with Gasteiger partial charge in [-0.3, -0.25) is 4.79 Å². The van der Waals surface area contributed by atoms with Gasteiger partial charge in [-0.1, -0.05) is 5.21 Å². The highest BCUT2D eigenvalue weighted by molar-refractivity contribution is 5.77. The number of aromatic nitrogens is 5. The van der Waals surface area contributed by atoms with Gasteiger partial charge >= 0.3 is 0 Å². The van der Waals surface area contributed by atoms with Crippen LogP contribution in [0.4, 0.5) is 0 Å². The maximum atomic E-state index is 12.7. The summed E-state index contributed by atoms with van der Waals surface area (Å²) in [6.45, 7) is 3.54. The first-order chi connectivity index (χ1) is 11.2. The van der Waals surface area contributed by atoms with E-state index in [0.717, 1.165) is 17.0 Å². The van der Waals surface area contributed by atoms with E-state index in [4.69, 9.17) is 4.74 Å². The van der Waals surface area contributed by atoms with Crippen LogP contribution < -0.4 is 0 Å². The zero-order valence-electron chi connectivity index (χ0n) is 13.3. The molecule has 3 heterocycles. The Balaban J connectivity index is 1.71. The first-order valence-corrected chi connectivity index (χ1v) is 7.60. The number of methoxy groups -OCH3 is 1. The van der Waals surface area contributed by atoms with Crippen molar-refractivity contribution in [2.45, 2.75) is 38.9 Å². The van der Waals surface area contributed by atoms with Crippen molar-refractivity contribution in [1.82, 2.24) is 29.9 Å². The molecule has 0 bridgehead atoms. The number of aryl methyl sites for hydroxylation is 2. The fourth-order valence-corrected chi connectivity index (χ4v) is 2.83. The van der Waals surface area contributed by atoms with Gasteiger partial charge in [-0.25, -0.2) is 14.6 Å². The SMILES string of the molecule is COCC1Cn2nnc(C)c2CN1C(=O)CCc1cncnc1. The van der Waals surface area contributed by atoms with Crippen LogP contribution in [0.15, 0.2) is 18.7 Å². The molecule has 0 spiro atoms. The first-order valence-electron chi connectivity index (χ1n) is 7.60. The van der Waals surface area contributed by atoms with E-state index in [1.54, 1.807) is 19.5 Å². The Kier molecular flexibility index (Phi) is 4.61. The Labute approximate surface area is 134 Å². The Morgan fingerprint density at radius 2 is 2.17 bits per heavy atom. The summed E-state index contributed by atoms with van der Waals surface area (Å²) in [5.41, 5.74) is 2.83. The molecular weight excluding hydrogens is 296 g/mol. The molecule has 0 saturated carbocycles. The van der Waals surface area contributed by atoms with Crippen LogP contribution in [-0.2, 0) is 29.0 Å². The second-order valence-corrected chi connectivity index (χ2v) is 5.68. The summed E-state index contributed by atoms with van der Waals surface area (Å²) in [7, 11) is 1.64. The molecule has 8 nitrogen and oxygen atoms in total. The molecule has 122 valence electrons. The number of amides is 1. The average Bonchev–Trinajstić information content (AvgIpc) is 2.93. The van der Waals surface area contributed by atoms with Crippen molar-refractivity contribution in [2.24, 2.45) is 0 Å². The third-order valence-electron chi connectivity index (χ3n) is 4.10. The van der Waals surface area contributed by atoms with Gasteiger partial charge in [0.2, 0.25) is 5.91 Å². The van der Waals surface area contributed by atoms with Gasteiger partial charge in [-0.05, 0) is 18.9 Å². The van der Waals surface area contributed by atoms with Crippen molar-refractivity contribution < 1.29 is 9.53 Å². The summed E-state index contributed by atoms with van der Waals surface area (Å²) in [5.74, 6) is 0.0998. The van der Waals surface area contributed by atoms with Gasteiger partial charge in [-0.2, -0.15) is 0 Å². The van der Waals surface area contributed by atoms with Crippen LogP contribution in [0.5, 0.6) is 0 Å². The monoisotopic (exact) mass is 316 g/mol. The van der Waals surface area contributed by atoms with Gasteiger partial charge in [0.1, 0.15) is 6.33 Å². The minimum atomic E-state index is -0.0203. The molecule has 1 amide bonds. The van der Waals surface area contributed by atoms with Crippen LogP contribution in [0.3, 0.4) is 0 Å². The maximum Gasteiger partial charge on any atom is 0.223 e. The lowest BCUT2D eigenvalue weighted by molar-refractivity contribution is -0.137. The first kappa shape index (κ1) is 15.5. The third kappa shape index (κ3) is 3.37. The number of hydrogen-bond donors (Lipinski definition) is 0. The molecule has 0 saturated heterocycles. The van der Waals surface area contributed by atoms with Crippen molar-refractivity contribution in [2.75, 3.05) is 13.7 Å². The number of carbonyl (C=O) groups excluding carboxylic acids is 1. The second kappa shape index (κ2) is 6.82. The lowest BCUT2D eigenvalue weighted by Crippen LogP contribution is -2.49. The Bertz CT molecular complexity index is 672. The zero-order chi connectivity index (χ0) is 16.2. The van der Waals surface area contributed by atoms with Crippen LogP contribution in [0, 0.1) is 6.92 Å². The fourth-order valence-electron chi connectivity index (χ4n) is 2.83. The molecule has 1 unspecified atom stereocenters. The highest BCUT2D eigenvalue weighted by Gasteiger charge is 2.31. The van der Waals surface area contributed by atoms with Gasteiger partial charge in [0, 0.05) is 25.9 Å². The molecule has 3 rings (SSSR count). The quantitative estimate of drug-likeness (QED) is 0.792. The molecule has 1 aliphatic heterocycles. The average molecular weight is 316 g/mol.